The average molecular weight is 248 g/mol. The van der Waals surface area contributed by atoms with Crippen LogP contribution in [0.3, 0.4) is 0 Å². The summed E-state index contributed by atoms with van der Waals surface area (Å²) in [5.74, 6) is 0. The van der Waals surface area contributed by atoms with Crippen molar-refractivity contribution >= 4 is 32.2 Å². The van der Waals surface area contributed by atoms with Gasteiger partial charge in [0.05, 0.1) is 9.80 Å². The number of hydrogen-bond donors (Lipinski definition) is 0. The lowest BCUT2D eigenvalue weighted by atomic mass is 10.2. The summed E-state index contributed by atoms with van der Waals surface area (Å²) in [6.45, 7) is 0. The zero-order valence-corrected chi connectivity index (χ0v) is 9.88. The van der Waals surface area contributed by atoms with Crippen molar-refractivity contribution in [3.05, 3.63) is 52.2 Å². The Labute approximate surface area is 97.8 Å². The molecule has 1 aromatic carbocycles. The molecule has 2 heterocycles. The lowest BCUT2D eigenvalue weighted by molar-refractivity contribution is 0.606. The van der Waals surface area contributed by atoms with Gasteiger partial charge in [-0.15, -0.1) is 11.3 Å². The fourth-order valence-corrected chi connectivity index (χ4v) is 4.46. The van der Waals surface area contributed by atoms with Gasteiger partial charge < -0.3 is 0 Å². The summed E-state index contributed by atoms with van der Waals surface area (Å²) in [5, 5.41) is 1.88. The van der Waals surface area contributed by atoms with Gasteiger partial charge >= 0.3 is 0 Å². The van der Waals surface area contributed by atoms with E-state index < -0.39 is 9.84 Å². The van der Waals surface area contributed by atoms with Crippen molar-refractivity contribution in [2.24, 2.45) is 0 Å². The highest BCUT2D eigenvalue weighted by Crippen LogP contribution is 2.39. The largest absolute Gasteiger partial charge is 0.218 e. The molecule has 0 aliphatic carbocycles. The third-order valence-electron chi connectivity index (χ3n) is 2.55. The standard InChI is InChI=1S/C12H8O2S2/c13-16(14)11-6-2-1-4-9(11)8-12(16)10-5-3-7-15-10/h1-8H. The molecule has 0 amide bonds. The molecule has 3 rings (SSSR count). The molecule has 0 spiro atoms. The van der Waals surface area contributed by atoms with Gasteiger partial charge in [0.15, 0.2) is 0 Å². The summed E-state index contributed by atoms with van der Waals surface area (Å²) in [4.78, 5) is 1.64. The quantitative estimate of drug-likeness (QED) is 0.777. The van der Waals surface area contributed by atoms with E-state index in [0.717, 1.165) is 10.4 Å². The van der Waals surface area contributed by atoms with E-state index in [9.17, 15) is 8.42 Å². The first-order valence-corrected chi connectivity index (χ1v) is 7.15. The van der Waals surface area contributed by atoms with Gasteiger partial charge in [-0.3, -0.25) is 0 Å². The first-order valence-electron chi connectivity index (χ1n) is 4.79. The molecule has 0 bridgehead atoms. The summed E-state index contributed by atoms with van der Waals surface area (Å²) >= 11 is 1.45. The van der Waals surface area contributed by atoms with Gasteiger partial charge in [0.1, 0.15) is 0 Å². The van der Waals surface area contributed by atoms with E-state index in [4.69, 9.17) is 0 Å². The second-order valence-corrected chi connectivity index (χ2v) is 6.36. The zero-order chi connectivity index (χ0) is 11.2. The Hall–Kier alpha value is -1.39. The van der Waals surface area contributed by atoms with E-state index in [1.54, 1.807) is 18.2 Å². The van der Waals surface area contributed by atoms with Crippen molar-refractivity contribution in [1.29, 1.82) is 0 Å². The average Bonchev–Trinajstić information content (AvgIpc) is 2.86. The van der Waals surface area contributed by atoms with Gasteiger partial charge in [-0.2, -0.15) is 0 Å². The minimum atomic E-state index is -3.30. The first kappa shape index (κ1) is 9.81. The number of thiophene rings is 1. The van der Waals surface area contributed by atoms with Crippen LogP contribution in [0.2, 0.25) is 0 Å². The summed E-state index contributed by atoms with van der Waals surface area (Å²) in [6, 6.07) is 10.8. The van der Waals surface area contributed by atoms with Crippen LogP contribution in [0, 0.1) is 0 Å². The molecule has 0 saturated heterocycles. The predicted molar refractivity (Wildman–Crippen MR) is 65.8 cm³/mol. The maximum Gasteiger partial charge on any atom is 0.208 e. The Kier molecular flexibility index (Phi) is 2.02. The Morgan fingerprint density at radius 3 is 2.50 bits per heavy atom. The van der Waals surface area contributed by atoms with Gasteiger partial charge in [0.25, 0.3) is 0 Å². The summed E-state index contributed by atoms with van der Waals surface area (Å²) in [7, 11) is -3.30. The summed E-state index contributed by atoms with van der Waals surface area (Å²) in [6.07, 6.45) is 1.75. The zero-order valence-electron chi connectivity index (χ0n) is 8.25. The number of fused-ring (bicyclic) bond motifs is 1. The Balaban J connectivity index is 2.27. The van der Waals surface area contributed by atoms with Gasteiger partial charge in [-0.25, -0.2) is 8.42 Å². The monoisotopic (exact) mass is 248 g/mol. The topological polar surface area (TPSA) is 34.1 Å². The summed E-state index contributed by atoms with van der Waals surface area (Å²) in [5.41, 5.74) is 0.783. The number of rotatable bonds is 1. The molecule has 0 N–H and O–H groups in total. The van der Waals surface area contributed by atoms with Crippen LogP contribution in [0.5, 0.6) is 0 Å². The van der Waals surface area contributed by atoms with Gasteiger partial charge in [0, 0.05) is 4.88 Å². The molecule has 1 aromatic heterocycles. The molecule has 1 aliphatic heterocycles. The Morgan fingerprint density at radius 1 is 1.00 bits per heavy atom. The van der Waals surface area contributed by atoms with Crippen LogP contribution in [0.1, 0.15) is 10.4 Å². The molecule has 80 valence electrons. The minimum Gasteiger partial charge on any atom is -0.218 e. The third-order valence-corrected chi connectivity index (χ3v) is 5.45. The SMILES string of the molecule is O=S1(=O)C(c2cccs2)=Cc2ccccc21. The van der Waals surface area contributed by atoms with E-state index in [1.807, 2.05) is 29.6 Å². The van der Waals surface area contributed by atoms with E-state index in [-0.39, 0.29) is 0 Å². The van der Waals surface area contributed by atoms with Crippen molar-refractivity contribution in [3.8, 4) is 0 Å². The third kappa shape index (κ3) is 1.27. The van der Waals surface area contributed by atoms with Crippen LogP contribution in [-0.2, 0) is 9.84 Å². The molecule has 0 fully saturated rings. The first-order chi connectivity index (χ1) is 7.69. The highest BCUT2D eigenvalue weighted by molar-refractivity contribution is 8.01. The number of sulfone groups is 1. The van der Waals surface area contributed by atoms with Crippen molar-refractivity contribution in [3.63, 3.8) is 0 Å². The maximum absolute atomic E-state index is 12.2. The number of hydrogen-bond acceptors (Lipinski definition) is 3. The van der Waals surface area contributed by atoms with E-state index in [1.165, 1.54) is 11.3 Å². The van der Waals surface area contributed by atoms with Crippen LogP contribution in [-0.4, -0.2) is 8.42 Å². The second-order valence-electron chi connectivity index (χ2n) is 3.53. The van der Waals surface area contributed by atoms with Crippen LogP contribution in [0.4, 0.5) is 0 Å². The number of benzene rings is 1. The van der Waals surface area contributed by atoms with Crippen molar-refractivity contribution < 1.29 is 8.42 Å². The Bertz CT molecular complexity index is 665. The van der Waals surface area contributed by atoms with Gasteiger partial charge in [-0.1, -0.05) is 24.3 Å². The molecule has 2 nitrogen and oxygen atoms in total. The normalized spacial score (nSPS) is 16.9. The van der Waals surface area contributed by atoms with E-state index >= 15 is 0 Å². The molecule has 4 heteroatoms. The highest BCUT2D eigenvalue weighted by Gasteiger charge is 2.30. The van der Waals surface area contributed by atoms with Gasteiger partial charge in [-0.05, 0) is 29.2 Å². The molecular formula is C12H8O2S2. The molecule has 0 unspecified atom stereocenters. The molecule has 2 aromatic rings. The van der Waals surface area contributed by atoms with Crippen molar-refractivity contribution in [2.45, 2.75) is 4.90 Å². The minimum absolute atomic E-state index is 0.415. The lowest BCUT2D eigenvalue weighted by Gasteiger charge is -2.00. The molecule has 0 saturated carbocycles. The van der Waals surface area contributed by atoms with Crippen molar-refractivity contribution in [2.75, 3.05) is 0 Å². The van der Waals surface area contributed by atoms with Crippen LogP contribution < -0.4 is 0 Å². The van der Waals surface area contributed by atoms with Crippen LogP contribution in [0.15, 0.2) is 46.7 Å². The van der Waals surface area contributed by atoms with E-state index in [0.29, 0.717) is 9.80 Å². The molecular weight excluding hydrogens is 240 g/mol. The lowest BCUT2D eigenvalue weighted by Crippen LogP contribution is -1.98. The Morgan fingerprint density at radius 2 is 1.81 bits per heavy atom. The predicted octanol–water partition coefficient (Wildman–Crippen LogP) is 3.03. The highest BCUT2D eigenvalue weighted by atomic mass is 32.2. The molecule has 1 aliphatic rings. The fourth-order valence-electron chi connectivity index (χ4n) is 1.80. The maximum atomic E-state index is 12.2. The fraction of sp³-hybridized carbons (Fsp3) is 0. The molecule has 16 heavy (non-hydrogen) atoms. The van der Waals surface area contributed by atoms with Crippen LogP contribution >= 0.6 is 11.3 Å². The molecule has 0 radical (unpaired) electrons. The van der Waals surface area contributed by atoms with Gasteiger partial charge in [0.2, 0.25) is 9.84 Å². The molecule has 0 atom stereocenters. The smallest absolute Gasteiger partial charge is 0.208 e. The van der Waals surface area contributed by atoms with E-state index in [2.05, 4.69) is 0 Å². The second kappa shape index (κ2) is 3.30. The summed E-state index contributed by atoms with van der Waals surface area (Å²) < 4.78 is 24.4. The van der Waals surface area contributed by atoms with Crippen LogP contribution in [0.25, 0.3) is 11.0 Å². The van der Waals surface area contributed by atoms with Crippen molar-refractivity contribution in [1.82, 2.24) is 0 Å².